The first kappa shape index (κ1) is 16.3. The second kappa shape index (κ2) is 5.60. The van der Waals surface area contributed by atoms with E-state index in [2.05, 4.69) is 15.0 Å². The first-order chi connectivity index (χ1) is 10.1. The Hall–Kier alpha value is -2.09. The maximum atomic E-state index is 12.4. The van der Waals surface area contributed by atoms with Crippen molar-refractivity contribution in [2.45, 2.75) is 38.6 Å². The lowest BCUT2D eigenvalue weighted by Gasteiger charge is -2.24. The molecular formula is C14H19N3O4S. The van der Waals surface area contributed by atoms with Crippen LogP contribution in [0.25, 0.3) is 0 Å². The van der Waals surface area contributed by atoms with Crippen molar-refractivity contribution in [3.8, 4) is 0 Å². The van der Waals surface area contributed by atoms with E-state index < -0.39 is 22.0 Å². The van der Waals surface area contributed by atoms with Crippen molar-refractivity contribution >= 4 is 27.6 Å². The SMILES string of the molecule is Cc1cc(C)c2c(c1)NC(=NC(C(=O)O)C(C)C)NS2(=O)=O. The Morgan fingerprint density at radius 3 is 2.45 bits per heavy atom. The predicted molar refractivity (Wildman–Crippen MR) is 83.6 cm³/mol. The van der Waals surface area contributed by atoms with Crippen LogP contribution in [0.2, 0.25) is 0 Å². The third kappa shape index (κ3) is 3.06. The number of fused-ring (bicyclic) bond motifs is 1. The molecule has 0 fully saturated rings. The Balaban J connectivity index is 2.52. The molecule has 1 aliphatic rings. The van der Waals surface area contributed by atoms with Gasteiger partial charge >= 0.3 is 5.97 Å². The van der Waals surface area contributed by atoms with Gasteiger partial charge in [-0.25, -0.2) is 22.9 Å². The van der Waals surface area contributed by atoms with Crippen molar-refractivity contribution in [1.29, 1.82) is 0 Å². The Morgan fingerprint density at radius 1 is 1.27 bits per heavy atom. The minimum Gasteiger partial charge on any atom is -0.480 e. The number of nitrogens with one attached hydrogen (secondary N) is 2. The van der Waals surface area contributed by atoms with Gasteiger partial charge in [-0.1, -0.05) is 19.9 Å². The van der Waals surface area contributed by atoms with Gasteiger partial charge in [0.1, 0.15) is 4.90 Å². The number of guanidine groups is 1. The second-order valence-corrected chi connectivity index (χ2v) is 7.31. The fraction of sp³-hybridized carbons (Fsp3) is 0.429. The minimum atomic E-state index is -3.77. The van der Waals surface area contributed by atoms with Gasteiger partial charge in [0.05, 0.1) is 5.69 Å². The Morgan fingerprint density at radius 2 is 1.91 bits per heavy atom. The highest BCUT2D eigenvalue weighted by molar-refractivity contribution is 7.90. The third-order valence-corrected chi connectivity index (χ3v) is 4.87. The number of carbonyl (C=O) groups is 1. The van der Waals surface area contributed by atoms with Crippen LogP contribution in [0.1, 0.15) is 25.0 Å². The molecule has 0 aromatic heterocycles. The molecular weight excluding hydrogens is 306 g/mol. The second-order valence-electron chi connectivity index (χ2n) is 5.69. The summed E-state index contributed by atoms with van der Waals surface area (Å²) in [5.74, 6) is -1.44. The van der Waals surface area contributed by atoms with Crippen molar-refractivity contribution in [1.82, 2.24) is 4.72 Å². The van der Waals surface area contributed by atoms with Crippen LogP contribution < -0.4 is 10.0 Å². The molecule has 1 heterocycles. The van der Waals surface area contributed by atoms with E-state index in [9.17, 15) is 18.3 Å². The lowest BCUT2D eigenvalue weighted by Crippen LogP contribution is -2.43. The topological polar surface area (TPSA) is 108 Å². The van der Waals surface area contributed by atoms with E-state index in [-0.39, 0.29) is 16.8 Å². The van der Waals surface area contributed by atoms with E-state index in [1.165, 1.54) is 0 Å². The summed E-state index contributed by atoms with van der Waals surface area (Å²) >= 11 is 0. The van der Waals surface area contributed by atoms with Crippen molar-refractivity contribution < 1.29 is 18.3 Å². The first-order valence-corrected chi connectivity index (χ1v) is 8.32. The monoisotopic (exact) mass is 325 g/mol. The number of benzene rings is 1. The van der Waals surface area contributed by atoms with Gasteiger partial charge in [-0.05, 0) is 37.0 Å². The van der Waals surface area contributed by atoms with Crippen LogP contribution >= 0.6 is 0 Å². The van der Waals surface area contributed by atoms with Crippen LogP contribution in [0.4, 0.5) is 5.69 Å². The van der Waals surface area contributed by atoms with Gasteiger partial charge in [0.15, 0.2) is 6.04 Å². The van der Waals surface area contributed by atoms with Crippen LogP contribution in [-0.4, -0.2) is 31.5 Å². The average Bonchev–Trinajstić information content (AvgIpc) is 2.32. The predicted octanol–water partition coefficient (Wildman–Crippen LogP) is 1.47. The number of aryl methyl sites for hydroxylation is 2. The van der Waals surface area contributed by atoms with Crippen molar-refractivity contribution in [2.75, 3.05) is 5.32 Å². The largest absolute Gasteiger partial charge is 0.480 e. The molecule has 8 heteroatoms. The molecule has 1 aliphatic heterocycles. The number of carboxylic acid groups (broad SMARTS) is 1. The van der Waals surface area contributed by atoms with Crippen molar-refractivity contribution in [3.05, 3.63) is 23.3 Å². The normalized spacial score (nSPS) is 19.2. The number of nitrogens with zero attached hydrogens (tertiary/aromatic N) is 1. The van der Waals surface area contributed by atoms with E-state index in [1.54, 1.807) is 32.9 Å². The number of rotatable bonds is 3. The minimum absolute atomic E-state index is 0.0707. The van der Waals surface area contributed by atoms with E-state index in [4.69, 9.17) is 0 Å². The zero-order valence-electron chi connectivity index (χ0n) is 12.8. The van der Waals surface area contributed by atoms with Gasteiger partial charge < -0.3 is 10.4 Å². The number of hydrogen-bond donors (Lipinski definition) is 3. The Bertz CT molecular complexity index is 754. The standard InChI is InChI=1S/C14H19N3O4S/c1-7(2)11(13(18)19)16-14-15-10-6-8(3)5-9(4)12(10)22(20,21)17-14/h5-7,11H,1-4H3,(H,18,19)(H2,15,16,17). The fourth-order valence-electron chi connectivity index (χ4n) is 2.42. The summed E-state index contributed by atoms with van der Waals surface area (Å²) in [6.45, 7) is 6.99. The van der Waals surface area contributed by atoms with Crippen molar-refractivity contribution in [3.63, 3.8) is 0 Å². The number of sulfonamides is 1. The van der Waals surface area contributed by atoms with Gasteiger partial charge in [0, 0.05) is 0 Å². The molecule has 0 spiro atoms. The average molecular weight is 325 g/mol. The summed E-state index contributed by atoms with van der Waals surface area (Å²) in [5.41, 5.74) is 1.93. The smallest absolute Gasteiger partial charge is 0.328 e. The van der Waals surface area contributed by atoms with E-state index in [0.29, 0.717) is 11.3 Å². The molecule has 7 nitrogen and oxygen atoms in total. The molecule has 0 saturated carbocycles. The summed E-state index contributed by atoms with van der Waals surface area (Å²) in [6.07, 6.45) is 0. The Kier molecular flexibility index (Phi) is 4.15. The molecule has 1 aromatic rings. The van der Waals surface area contributed by atoms with Gasteiger partial charge in [-0.3, -0.25) is 0 Å². The highest BCUT2D eigenvalue weighted by Crippen LogP contribution is 2.29. The highest BCUT2D eigenvalue weighted by atomic mass is 32.2. The molecule has 3 N–H and O–H groups in total. The van der Waals surface area contributed by atoms with E-state index >= 15 is 0 Å². The molecule has 0 radical (unpaired) electrons. The molecule has 120 valence electrons. The van der Waals surface area contributed by atoms with E-state index in [1.807, 2.05) is 6.92 Å². The number of anilines is 1. The van der Waals surface area contributed by atoms with Crippen LogP contribution in [-0.2, 0) is 14.8 Å². The van der Waals surface area contributed by atoms with Crippen LogP contribution in [0.3, 0.4) is 0 Å². The molecule has 2 rings (SSSR count). The van der Waals surface area contributed by atoms with Crippen LogP contribution in [0.15, 0.2) is 22.0 Å². The molecule has 1 atom stereocenters. The van der Waals surface area contributed by atoms with Gasteiger partial charge in [0.25, 0.3) is 10.0 Å². The summed E-state index contributed by atoms with van der Waals surface area (Å²) in [4.78, 5) is 15.4. The molecule has 1 aromatic carbocycles. The van der Waals surface area contributed by atoms with E-state index in [0.717, 1.165) is 5.56 Å². The summed E-state index contributed by atoms with van der Waals surface area (Å²) in [7, 11) is -3.77. The number of hydrogen-bond acceptors (Lipinski definition) is 4. The number of aliphatic carboxylic acids is 1. The molecule has 0 saturated heterocycles. The molecule has 0 bridgehead atoms. The van der Waals surface area contributed by atoms with Gasteiger partial charge in [-0.2, -0.15) is 0 Å². The van der Waals surface area contributed by atoms with Crippen LogP contribution in [0, 0.1) is 19.8 Å². The molecule has 22 heavy (non-hydrogen) atoms. The maximum absolute atomic E-state index is 12.4. The highest BCUT2D eigenvalue weighted by Gasteiger charge is 2.30. The molecule has 1 unspecified atom stereocenters. The number of aliphatic imine (C=N–C) groups is 1. The lowest BCUT2D eigenvalue weighted by molar-refractivity contribution is -0.139. The summed E-state index contributed by atoms with van der Waals surface area (Å²) in [5, 5.41) is 12.0. The van der Waals surface area contributed by atoms with Crippen LogP contribution in [0.5, 0.6) is 0 Å². The fourth-order valence-corrected chi connectivity index (χ4v) is 3.77. The zero-order valence-corrected chi connectivity index (χ0v) is 13.7. The van der Waals surface area contributed by atoms with Gasteiger partial charge in [-0.15, -0.1) is 0 Å². The maximum Gasteiger partial charge on any atom is 0.328 e. The first-order valence-electron chi connectivity index (χ1n) is 6.83. The lowest BCUT2D eigenvalue weighted by atomic mass is 10.1. The Labute approximate surface area is 129 Å². The molecule has 0 aliphatic carbocycles. The zero-order chi connectivity index (χ0) is 16.7. The number of carboxylic acids is 1. The molecule has 0 amide bonds. The summed E-state index contributed by atoms with van der Waals surface area (Å²) in [6, 6.07) is 2.44. The van der Waals surface area contributed by atoms with Gasteiger partial charge in [0.2, 0.25) is 5.96 Å². The van der Waals surface area contributed by atoms with Crippen molar-refractivity contribution in [2.24, 2.45) is 10.9 Å². The summed E-state index contributed by atoms with van der Waals surface area (Å²) < 4.78 is 27.0. The third-order valence-electron chi connectivity index (χ3n) is 3.32. The quantitative estimate of drug-likeness (QED) is 0.780.